The summed E-state index contributed by atoms with van der Waals surface area (Å²) in [7, 11) is 1.85. The third-order valence-corrected chi connectivity index (χ3v) is 3.98. The summed E-state index contributed by atoms with van der Waals surface area (Å²) in [5, 5.41) is 6.90. The normalized spacial score (nSPS) is 20.4. The van der Waals surface area contributed by atoms with Crippen molar-refractivity contribution in [2.45, 2.75) is 57.4 Å². The zero-order chi connectivity index (χ0) is 13.3. The predicted octanol–water partition coefficient (Wildman–Crippen LogP) is 2.92. The monoisotopic (exact) mass is 395 g/mol. The van der Waals surface area contributed by atoms with Gasteiger partial charge in [0.25, 0.3) is 0 Å². The molecule has 2 rings (SSSR count). The molecule has 0 atom stereocenters. The van der Waals surface area contributed by atoms with Crippen molar-refractivity contribution in [3.8, 4) is 0 Å². The Morgan fingerprint density at radius 1 is 1.15 bits per heavy atom. The summed E-state index contributed by atoms with van der Waals surface area (Å²) in [4.78, 5) is 4.29. The molecule has 2 saturated carbocycles. The summed E-state index contributed by atoms with van der Waals surface area (Å²) in [5.41, 5.74) is 0. The predicted molar refractivity (Wildman–Crippen MR) is 94.9 cm³/mol. The van der Waals surface area contributed by atoms with E-state index in [1.54, 1.807) is 0 Å². The van der Waals surface area contributed by atoms with Gasteiger partial charge in [-0.3, -0.25) is 4.99 Å². The van der Waals surface area contributed by atoms with Crippen LogP contribution in [0.4, 0.5) is 0 Å². The summed E-state index contributed by atoms with van der Waals surface area (Å²) < 4.78 is 5.62. The van der Waals surface area contributed by atoms with Crippen LogP contribution in [0.2, 0.25) is 0 Å². The lowest BCUT2D eigenvalue weighted by Crippen LogP contribution is -2.44. The van der Waals surface area contributed by atoms with Gasteiger partial charge in [-0.25, -0.2) is 0 Å². The van der Waals surface area contributed by atoms with E-state index < -0.39 is 0 Å². The maximum atomic E-state index is 5.62. The Bertz CT molecular complexity index is 276. The van der Waals surface area contributed by atoms with Crippen molar-refractivity contribution in [1.82, 2.24) is 10.6 Å². The van der Waals surface area contributed by atoms with Crippen molar-refractivity contribution >= 4 is 29.9 Å². The number of rotatable bonds is 7. The fourth-order valence-corrected chi connectivity index (χ4v) is 2.55. The van der Waals surface area contributed by atoms with E-state index in [1.807, 2.05) is 7.05 Å². The Morgan fingerprint density at radius 3 is 2.55 bits per heavy atom. The molecule has 0 saturated heterocycles. The van der Waals surface area contributed by atoms with Gasteiger partial charge in [-0.05, 0) is 38.0 Å². The average molecular weight is 395 g/mol. The number of hydrogen-bond acceptors (Lipinski definition) is 2. The van der Waals surface area contributed by atoms with Crippen LogP contribution in [0, 0.1) is 5.92 Å². The molecule has 2 aliphatic carbocycles. The summed E-state index contributed by atoms with van der Waals surface area (Å²) in [5.74, 6) is 1.82. The van der Waals surface area contributed by atoms with Crippen molar-refractivity contribution in [1.29, 1.82) is 0 Å². The Kier molecular flexibility index (Phi) is 9.59. The molecule has 0 aromatic rings. The van der Waals surface area contributed by atoms with Gasteiger partial charge in [0, 0.05) is 32.8 Å². The van der Waals surface area contributed by atoms with Gasteiger partial charge >= 0.3 is 0 Å². The number of nitrogens with zero attached hydrogens (tertiary/aromatic N) is 1. The molecule has 0 aromatic carbocycles. The molecule has 5 heteroatoms. The minimum absolute atomic E-state index is 0. The molecule has 0 radical (unpaired) electrons. The van der Waals surface area contributed by atoms with Crippen molar-refractivity contribution in [2.24, 2.45) is 10.9 Å². The second kappa shape index (κ2) is 10.7. The lowest BCUT2D eigenvalue weighted by molar-refractivity contribution is 0.123. The van der Waals surface area contributed by atoms with Gasteiger partial charge in [-0.2, -0.15) is 0 Å². The first-order valence-corrected chi connectivity index (χ1v) is 7.93. The first kappa shape index (κ1) is 18.0. The zero-order valence-electron chi connectivity index (χ0n) is 12.7. The zero-order valence-corrected chi connectivity index (χ0v) is 15.0. The molecule has 0 spiro atoms. The van der Waals surface area contributed by atoms with Crippen LogP contribution in [0.1, 0.15) is 51.4 Å². The van der Waals surface area contributed by atoms with E-state index in [4.69, 9.17) is 4.74 Å². The van der Waals surface area contributed by atoms with Gasteiger partial charge in [0.15, 0.2) is 5.96 Å². The molecule has 0 bridgehead atoms. The Morgan fingerprint density at radius 2 is 1.90 bits per heavy atom. The maximum absolute atomic E-state index is 5.62. The van der Waals surface area contributed by atoms with E-state index in [0.717, 1.165) is 38.1 Å². The third kappa shape index (κ3) is 7.67. The van der Waals surface area contributed by atoms with Crippen LogP contribution in [0.15, 0.2) is 4.99 Å². The van der Waals surface area contributed by atoms with Crippen molar-refractivity contribution in [2.75, 3.05) is 26.8 Å². The summed E-state index contributed by atoms with van der Waals surface area (Å²) >= 11 is 0. The first-order valence-electron chi connectivity index (χ1n) is 7.93. The van der Waals surface area contributed by atoms with Crippen LogP contribution >= 0.6 is 24.0 Å². The van der Waals surface area contributed by atoms with Crippen LogP contribution in [0.3, 0.4) is 0 Å². The molecule has 2 N–H and O–H groups in total. The minimum atomic E-state index is 0. The van der Waals surface area contributed by atoms with Gasteiger partial charge in [-0.1, -0.05) is 19.3 Å². The molecule has 2 aliphatic rings. The van der Waals surface area contributed by atoms with Crippen molar-refractivity contribution < 1.29 is 4.74 Å². The quantitative estimate of drug-likeness (QED) is 0.302. The molecule has 0 unspecified atom stereocenters. The molecule has 2 fully saturated rings. The third-order valence-electron chi connectivity index (χ3n) is 3.98. The standard InChI is InChI=1S/C15H29N3O.HI/c1-16-15(18-14-6-3-2-4-7-14)17-10-5-11-19-12-13-8-9-13;/h13-14H,2-12H2,1H3,(H2,16,17,18);1H. The Hall–Kier alpha value is -0.0400. The number of nitrogens with one attached hydrogen (secondary N) is 2. The van der Waals surface area contributed by atoms with E-state index in [1.165, 1.54) is 44.9 Å². The number of hydrogen-bond donors (Lipinski definition) is 2. The summed E-state index contributed by atoms with van der Waals surface area (Å²) in [6.07, 6.45) is 10.5. The van der Waals surface area contributed by atoms with Gasteiger partial charge in [0.2, 0.25) is 0 Å². The van der Waals surface area contributed by atoms with Crippen LogP contribution < -0.4 is 10.6 Å². The van der Waals surface area contributed by atoms with Gasteiger partial charge in [-0.15, -0.1) is 24.0 Å². The van der Waals surface area contributed by atoms with Crippen molar-refractivity contribution in [3.63, 3.8) is 0 Å². The summed E-state index contributed by atoms with van der Waals surface area (Å²) in [6.45, 7) is 2.77. The highest BCUT2D eigenvalue weighted by molar-refractivity contribution is 14.0. The molecule has 0 amide bonds. The van der Waals surface area contributed by atoms with Gasteiger partial charge < -0.3 is 15.4 Å². The Balaban J connectivity index is 0.00000200. The topological polar surface area (TPSA) is 45.7 Å². The molecule has 0 heterocycles. The lowest BCUT2D eigenvalue weighted by atomic mass is 9.96. The molecule has 20 heavy (non-hydrogen) atoms. The van der Waals surface area contributed by atoms with E-state index in [0.29, 0.717) is 6.04 Å². The molecular weight excluding hydrogens is 365 g/mol. The smallest absolute Gasteiger partial charge is 0.191 e. The largest absolute Gasteiger partial charge is 0.381 e. The molecule has 0 aliphatic heterocycles. The maximum Gasteiger partial charge on any atom is 0.191 e. The minimum Gasteiger partial charge on any atom is -0.381 e. The number of guanidine groups is 1. The van der Waals surface area contributed by atoms with Gasteiger partial charge in [0.05, 0.1) is 0 Å². The van der Waals surface area contributed by atoms with Crippen LogP contribution in [-0.4, -0.2) is 38.8 Å². The Labute approximate surface area is 140 Å². The summed E-state index contributed by atoms with van der Waals surface area (Å²) in [6, 6.07) is 0.617. The van der Waals surface area contributed by atoms with Crippen LogP contribution in [-0.2, 0) is 4.74 Å². The van der Waals surface area contributed by atoms with E-state index >= 15 is 0 Å². The number of halogens is 1. The number of ether oxygens (including phenoxy) is 1. The van der Waals surface area contributed by atoms with E-state index in [-0.39, 0.29) is 24.0 Å². The highest BCUT2D eigenvalue weighted by atomic mass is 127. The second-order valence-electron chi connectivity index (χ2n) is 5.85. The SMILES string of the molecule is CN=C(NCCCOCC1CC1)NC1CCCCC1.I. The fraction of sp³-hybridized carbons (Fsp3) is 0.933. The van der Waals surface area contributed by atoms with Crippen LogP contribution in [0.25, 0.3) is 0 Å². The molecule has 4 nitrogen and oxygen atoms in total. The number of aliphatic imine (C=N–C) groups is 1. The van der Waals surface area contributed by atoms with Crippen LogP contribution in [0.5, 0.6) is 0 Å². The average Bonchev–Trinajstić information content (AvgIpc) is 3.26. The van der Waals surface area contributed by atoms with E-state index in [2.05, 4.69) is 15.6 Å². The molecule has 118 valence electrons. The van der Waals surface area contributed by atoms with Gasteiger partial charge in [0.1, 0.15) is 0 Å². The lowest BCUT2D eigenvalue weighted by Gasteiger charge is -2.24. The fourth-order valence-electron chi connectivity index (χ4n) is 2.55. The highest BCUT2D eigenvalue weighted by Gasteiger charge is 2.20. The molecule has 0 aromatic heterocycles. The first-order chi connectivity index (χ1) is 9.38. The highest BCUT2D eigenvalue weighted by Crippen LogP contribution is 2.28. The second-order valence-corrected chi connectivity index (χ2v) is 5.85. The molecular formula is C15H30IN3O. The van der Waals surface area contributed by atoms with E-state index in [9.17, 15) is 0 Å². The van der Waals surface area contributed by atoms with Crippen molar-refractivity contribution in [3.05, 3.63) is 0 Å².